The first-order valence-electron chi connectivity index (χ1n) is 14.0. The van der Waals surface area contributed by atoms with Crippen molar-refractivity contribution in [3.63, 3.8) is 0 Å². The summed E-state index contributed by atoms with van der Waals surface area (Å²) in [6.07, 6.45) is 5.81. The van der Waals surface area contributed by atoms with E-state index in [1.165, 1.54) is 6.42 Å². The van der Waals surface area contributed by atoms with Gasteiger partial charge in [-0.3, -0.25) is 9.59 Å². The van der Waals surface area contributed by atoms with Crippen molar-refractivity contribution in [3.05, 3.63) is 101 Å². The van der Waals surface area contributed by atoms with Gasteiger partial charge in [-0.15, -0.1) is 0 Å². The maximum Gasteiger partial charge on any atom is 0.261 e. The Morgan fingerprint density at radius 1 is 0.897 bits per heavy atom. The maximum atomic E-state index is 13.9. The Balaban J connectivity index is 1.62. The molecule has 1 aliphatic carbocycles. The molecule has 2 amide bonds. The first kappa shape index (κ1) is 28.7. The molecule has 6 heteroatoms. The number of carbonyl (C=O) groups is 2. The van der Waals surface area contributed by atoms with Gasteiger partial charge < -0.3 is 15.0 Å². The lowest BCUT2D eigenvalue weighted by Gasteiger charge is -2.33. The van der Waals surface area contributed by atoms with Crippen molar-refractivity contribution in [1.29, 1.82) is 0 Å². The molecule has 0 saturated heterocycles. The fraction of sp³-hybridized carbons (Fsp3) is 0.394. The van der Waals surface area contributed by atoms with E-state index in [1.807, 2.05) is 78.9 Å². The molecule has 4 rings (SSSR count). The number of benzene rings is 3. The fourth-order valence-electron chi connectivity index (χ4n) is 5.20. The number of hydrogen-bond acceptors (Lipinski definition) is 3. The molecule has 1 saturated carbocycles. The van der Waals surface area contributed by atoms with Crippen LogP contribution < -0.4 is 10.1 Å². The smallest absolute Gasteiger partial charge is 0.261 e. The first-order valence-corrected chi connectivity index (χ1v) is 14.4. The Morgan fingerprint density at radius 3 is 2.26 bits per heavy atom. The highest BCUT2D eigenvalue weighted by Crippen LogP contribution is 2.26. The third-order valence-electron chi connectivity index (χ3n) is 7.38. The monoisotopic (exact) mass is 546 g/mol. The second kappa shape index (κ2) is 14.2. The van der Waals surface area contributed by atoms with Gasteiger partial charge in [0.2, 0.25) is 5.91 Å². The van der Waals surface area contributed by atoms with Crippen LogP contribution in [0, 0.1) is 0 Å². The lowest BCUT2D eigenvalue weighted by Crippen LogP contribution is -2.53. The molecule has 5 nitrogen and oxygen atoms in total. The van der Waals surface area contributed by atoms with Crippen LogP contribution in [0.15, 0.2) is 78.9 Å². The second-order valence-electron chi connectivity index (χ2n) is 10.7. The van der Waals surface area contributed by atoms with Crippen LogP contribution in [-0.2, 0) is 22.6 Å². The topological polar surface area (TPSA) is 58.6 Å². The fourth-order valence-corrected chi connectivity index (χ4v) is 5.32. The third kappa shape index (κ3) is 8.34. The van der Waals surface area contributed by atoms with E-state index < -0.39 is 6.04 Å². The van der Waals surface area contributed by atoms with E-state index in [0.29, 0.717) is 17.2 Å². The van der Waals surface area contributed by atoms with E-state index in [2.05, 4.69) is 19.2 Å². The summed E-state index contributed by atoms with van der Waals surface area (Å²) in [6.45, 7) is 4.32. The van der Waals surface area contributed by atoms with Crippen LogP contribution in [0.5, 0.6) is 5.75 Å². The Labute approximate surface area is 237 Å². The standard InChI is InChI=1S/C33H39ClN2O3/c1-24(2)29-15-9-10-16-31(29)39-23-32(37)36(22-26-17-19-27(34)20-18-26)30(21-25-11-5-3-6-12-25)33(38)35-28-13-7-4-8-14-28/h3,5-6,9-12,15-20,24,28,30H,4,7-8,13-14,21-23H2,1-2H3,(H,35,38)/t30-/m0/s1. The first-order chi connectivity index (χ1) is 18.9. The van der Waals surface area contributed by atoms with E-state index in [9.17, 15) is 9.59 Å². The van der Waals surface area contributed by atoms with Gasteiger partial charge in [0, 0.05) is 24.0 Å². The Kier molecular flexibility index (Phi) is 10.4. The molecule has 0 bridgehead atoms. The van der Waals surface area contributed by atoms with Crippen molar-refractivity contribution in [2.75, 3.05) is 6.61 Å². The quantitative estimate of drug-likeness (QED) is 0.283. The maximum absolute atomic E-state index is 13.9. The highest BCUT2D eigenvalue weighted by molar-refractivity contribution is 6.30. The average Bonchev–Trinajstić information content (AvgIpc) is 2.95. The molecular weight excluding hydrogens is 508 g/mol. The van der Waals surface area contributed by atoms with Gasteiger partial charge in [-0.05, 0) is 53.6 Å². The second-order valence-corrected chi connectivity index (χ2v) is 11.1. The van der Waals surface area contributed by atoms with Crippen LogP contribution in [0.25, 0.3) is 0 Å². The molecule has 1 aliphatic rings. The van der Waals surface area contributed by atoms with E-state index in [0.717, 1.165) is 42.4 Å². The Bertz CT molecular complexity index is 1210. The molecule has 0 aromatic heterocycles. The number of ether oxygens (including phenoxy) is 1. The van der Waals surface area contributed by atoms with Gasteiger partial charge in [-0.1, -0.05) is 105 Å². The molecule has 0 unspecified atom stereocenters. The zero-order chi connectivity index (χ0) is 27.6. The highest BCUT2D eigenvalue weighted by atomic mass is 35.5. The zero-order valence-corrected chi connectivity index (χ0v) is 23.7. The van der Waals surface area contributed by atoms with Crippen LogP contribution in [0.4, 0.5) is 0 Å². The van der Waals surface area contributed by atoms with Crippen LogP contribution >= 0.6 is 11.6 Å². The van der Waals surface area contributed by atoms with E-state index in [-0.39, 0.29) is 36.9 Å². The Morgan fingerprint density at radius 2 is 1.56 bits per heavy atom. The molecule has 3 aromatic rings. The summed E-state index contributed by atoms with van der Waals surface area (Å²) in [7, 11) is 0. The van der Waals surface area contributed by atoms with E-state index in [1.54, 1.807) is 4.90 Å². The van der Waals surface area contributed by atoms with Crippen LogP contribution in [0.2, 0.25) is 5.02 Å². The van der Waals surface area contributed by atoms with E-state index in [4.69, 9.17) is 16.3 Å². The van der Waals surface area contributed by atoms with Crippen molar-refractivity contribution in [3.8, 4) is 5.75 Å². The van der Waals surface area contributed by atoms with Crippen molar-refractivity contribution < 1.29 is 14.3 Å². The largest absolute Gasteiger partial charge is 0.483 e. The number of nitrogens with zero attached hydrogens (tertiary/aromatic N) is 1. The van der Waals surface area contributed by atoms with Gasteiger partial charge in [0.25, 0.3) is 5.91 Å². The number of halogens is 1. The molecule has 1 atom stereocenters. The lowest BCUT2D eigenvalue weighted by atomic mass is 9.94. The molecule has 0 heterocycles. The van der Waals surface area contributed by atoms with Gasteiger partial charge in [0.1, 0.15) is 11.8 Å². The van der Waals surface area contributed by atoms with Crippen molar-refractivity contribution in [2.24, 2.45) is 0 Å². The van der Waals surface area contributed by atoms with Crippen molar-refractivity contribution >= 4 is 23.4 Å². The summed E-state index contributed by atoms with van der Waals surface area (Å²) in [4.78, 5) is 29.4. The Hall–Kier alpha value is -3.31. The molecule has 0 aliphatic heterocycles. The molecular formula is C33H39ClN2O3. The number of carbonyl (C=O) groups excluding carboxylic acids is 2. The number of hydrogen-bond donors (Lipinski definition) is 1. The SMILES string of the molecule is CC(C)c1ccccc1OCC(=O)N(Cc1ccc(Cl)cc1)[C@@H](Cc1ccccc1)C(=O)NC1CCCCC1. The minimum Gasteiger partial charge on any atom is -0.483 e. The van der Waals surface area contributed by atoms with Gasteiger partial charge in [0.05, 0.1) is 0 Å². The molecule has 1 fully saturated rings. The minimum absolute atomic E-state index is 0.115. The third-order valence-corrected chi connectivity index (χ3v) is 7.63. The predicted octanol–water partition coefficient (Wildman–Crippen LogP) is 6.93. The van der Waals surface area contributed by atoms with Gasteiger partial charge in [-0.25, -0.2) is 0 Å². The molecule has 0 radical (unpaired) electrons. The van der Waals surface area contributed by atoms with Crippen LogP contribution in [0.1, 0.15) is 68.6 Å². The normalized spacial score (nSPS) is 14.6. The zero-order valence-electron chi connectivity index (χ0n) is 22.9. The molecule has 3 aromatic carbocycles. The summed E-state index contributed by atoms with van der Waals surface area (Å²) < 4.78 is 6.08. The average molecular weight is 547 g/mol. The van der Waals surface area contributed by atoms with Gasteiger partial charge in [-0.2, -0.15) is 0 Å². The van der Waals surface area contributed by atoms with Gasteiger partial charge >= 0.3 is 0 Å². The molecule has 0 spiro atoms. The number of para-hydroxylation sites is 1. The summed E-state index contributed by atoms with van der Waals surface area (Å²) in [5.74, 6) is 0.603. The summed E-state index contributed by atoms with van der Waals surface area (Å²) in [5, 5.41) is 3.90. The molecule has 206 valence electrons. The predicted molar refractivity (Wildman–Crippen MR) is 157 cm³/mol. The summed E-state index contributed by atoms with van der Waals surface area (Å²) >= 11 is 6.13. The van der Waals surface area contributed by atoms with E-state index >= 15 is 0 Å². The van der Waals surface area contributed by atoms with Crippen LogP contribution in [-0.4, -0.2) is 35.4 Å². The number of rotatable bonds is 11. The van der Waals surface area contributed by atoms with Crippen LogP contribution in [0.3, 0.4) is 0 Å². The highest BCUT2D eigenvalue weighted by Gasteiger charge is 2.32. The lowest BCUT2D eigenvalue weighted by molar-refractivity contribution is -0.143. The molecule has 1 N–H and O–H groups in total. The van der Waals surface area contributed by atoms with Gasteiger partial charge in [0.15, 0.2) is 6.61 Å². The summed E-state index contributed by atoms with van der Waals surface area (Å²) in [5.41, 5.74) is 2.95. The minimum atomic E-state index is -0.679. The number of amides is 2. The van der Waals surface area contributed by atoms with Crippen molar-refractivity contribution in [2.45, 2.75) is 76.9 Å². The summed E-state index contributed by atoms with van der Waals surface area (Å²) in [6, 6.07) is 24.6. The van der Waals surface area contributed by atoms with Crippen molar-refractivity contribution in [1.82, 2.24) is 10.2 Å². The number of nitrogens with one attached hydrogen (secondary N) is 1. The molecule has 39 heavy (non-hydrogen) atoms.